The number of ketones is 1. The molecule has 0 aromatic heterocycles. The molecule has 0 aliphatic carbocycles. The minimum atomic E-state index is -3.07. The Hall–Kier alpha value is -1.69. The summed E-state index contributed by atoms with van der Waals surface area (Å²) in [5, 5.41) is 2.66. The Morgan fingerprint density at radius 2 is 2.05 bits per heavy atom. The van der Waals surface area contributed by atoms with Crippen molar-refractivity contribution in [3.63, 3.8) is 0 Å². The number of rotatable bonds is 3. The lowest BCUT2D eigenvalue weighted by atomic mass is 10.1. The van der Waals surface area contributed by atoms with Gasteiger partial charge in [0.2, 0.25) is 5.91 Å². The molecule has 1 aromatic rings. The third-order valence-corrected chi connectivity index (χ3v) is 4.91. The van der Waals surface area contributed by atoms with Crippen molar-refractivity contribution in [1.29, 1.82) is 0 Å². The molecule has 1 amide bonds. The maximum atomic E-state index is 11.9. The molecule has 1 N–H and O–H groups in total. The summed E-state index contributed by atoms with van der Waals surface area (Å²) in [6.07, 6.45) is 0.362. The Bertz CT molecular complexity index is 621. The zero-order chi connectivity index (χ0) is 14.0. The third kappa shape index (κ3) is 3.41. The summed E-state index contributed by atoms with van der Waals surface area (Å²) in [6, 6.07) is 6.60. The monoisotopic (exact) mass is 281 g/mol. The van der Waals surface area contributed by atoms with E-state index in [0.717, 1.165) is 0 Å². The van der Waals surface area contributed by atoms with Gasteiger partial charge in [-0.15, -0.1) is 0 Å². The SMILES string of the molecule is CC(=O)c1cccc(NC(=O)C2CCS(=O)(=O)C2)c1. The maximum absolute atomic E-state index is 11.9. The van der Waals surface area contributed by atoms with Crippen molar-refractivity contribution < 1.29 is 18.0 Å². The third-order valence-electron chi connectivity index (χ3n) is 3.14. The molecule has 102 valence electrons. The van der Waals surface area contributed by atoms with Crippen LogP contribution in [0, 0.1) is 5.92 Å². The fourth-order valence-electron chi connectivity index (χ4n) is 2.06. The zero-order valence-corrected chi connectivity index (χ0v) is 11.4. The van der Waals surface area contributed by atoms with E-state index in [-0.39, 0.29) is 23.2 Å². The van der Waals surface area contributed by atoms with Crippen LogP contribution < -0.4 is 5.32 Å². The summed E-state index contributed by atoms with van der Waals surface area (Å²) >= 11 is 0. The Kier molecular flexibility index (Phi) is 3.71. The molecule has 0 bridgehead atoms. The minimum Gasteiger partial charge on any atom is -0.326 e. The highest BCUT2D eigenvalue weighted by Crippen LogP contribution is 2.20. The quantitative estimate of drug-likeness (QED) is 0.846. The van der Waals surface area contributed by atoms with Crippen LogP contribution in [-0.4, -0.2) is 31.6 Å². The van der Waals surface area contributed by atoms with Crippen molar-refractivity contribution in [2.24, 2.45) is 5.92 Å². The molecular formula is C13H15NO4S. The van der Waals surface area contributed by atoms with Crippen molar-refractivity contribution >= 4 is 27.2 Å². The van der Waals surface area contributed by atoms with Crippen molar-refractivity contribution in [3.8, 4) is 0 Å². The number of hydrogen-bond acceptors (Lipinski definition) is 4. The van der Waals surface area contributed by atoms with Crippen molar-refractivity contribution in [3.05, 3.63) is 29.8 Å². The summed E-state index contributed by atoms with van der Waals surface area (Å²) in [4.78, 5) is 23.2. The van der Waals surface area contributed by atoms with Crippen LogP contribution in [0.25, 0.3) is 0 Å². The second-order valence-corrected chi connectivity index (χ2v) is 6.95. The second kappa shape index (κ2) is 5.13. The van der Waals surface area contributed by atoms with Crippen LogP contribution in [-0.2, 0) is 14.6 Å². The number of nitrogens with one attached hydrogen (secondary N) is 1. The van der Waals surface area contributed by atoms with Gasteiger partial charge in [0.1, 0.15) is 0 Å². The highest BCUT2D eigenvalue weighted by Gasteiger charge is 2.32. The number of Topliss-reactive ketones (excluding diaryl/α,β-unsaturated/α-hetero) is 1. The molecule has 2 rings (SSSR count). The Morgan fingerprint density at radius 1 is 1.32 bits per heavy atom. The van der Waals surface area contributed by atoms with E-state index in [4.69, 9.17) is 0 Å². The summed E-state index contributed by atoms with van der Waals surface area (Å²) in [7, 11) is -3.07. The van der Waals surface area contributed by atoms with Gasteiger partial charge < -0.3 is 5.32 Å². The van der Waals surface area contributed by atoms with Crippen LogP contribution in [0.3, 0.4) is 0 Å². The Labute approximate surface area is 111 Å². The number of carbonyl (C=O) groups excluding carboxylic acids is 2. The molecule has 6 heteroatoms. The van der Waals surface area contributed by atoms with E-state index in [2.05, 4.69) is 5.32 Å². The Balaban J connectivity index is 2.07. The molecule has 1 aliphatic rings. The largest absolute Gasteiger partial charge is 0.326 e. The number of anilines is 1. The zero-order valence-electron chi connectivity index (χ0n) is 10.5. The number of hydrogen-bond donors (Lipinski definition) is 1. The van der Waals surface area contributed by atoms with Crippen molar-refractivity contribution in [1.82, 2.24) is 0 Å². The van der Waals surface area contributed by atoms with Crippen molar-refractivity contribution in [2.75, 3.05) is 16.8 Å². The lowest BCUT2D eigenvalue weighted by Crippen LogP contribution is -2.23. The molecule has 1 saturated heterocycles. The number of sulfone groups is 1. The molecule has 1 unspecified atom stereocenters. The highest BCUT2D eigenvalue weighted by atomic mass is 32.2. The van der Waals surface area contributed by atoms with Gasteiger partial charge >= 0.3 is 0 Å². The average Bonchev–Trinajstić information content (AvgIpc) is 2.70. The second-order valence-electron chi connectivity index (χ2n) is 4.73. The van der Waals surface area contributed by atoms with Gasteiger partial charge in [-0.1, -0.05) is 12.1 Å². The van der Waals surface area contributed by atoms with Crippen LogP contribution in [0.2, 0.25) is 0 Å². The highest BCUT2D eigenvalue weighted by molar-refractivity contribution is 7.91. The van der Waals surface area contributed by atoms with E-state index in [1.165, 1.54) is 6.92 Å². The topological polar surface area (TPSA) is 80.3 Å². The summed E-state index contributed by atoms with van der Waals surface area (Å²) in [6.45, 7) is 1.45. The van der Waals surface area contributed by atoms with Crippen LogP contribution in [0.15, 0.2) is 24.3 Å². The van der Waals surface area contributed by atoms with E-state index in [1.54, 1.807) is 24.3 Å². The first-order valence-electron chi connectivity index (χ1n) is 6.00. The summed E-state index contributed by atoms with van der Waals surface area (Å²) < 4.78 is 22.6. The normalized spacial score (nSPS) is 21.0. The van der Waals surface area contributed by atoms with E-state index < -0.39 is 15.8 Å². The van der Waals surface area contributed by atoms with E-state index >= 15 is 0 Å². The Morgan fingerprint density at radius 3 is 2.63 bits per heavy atom. The smallest absolute Gasteiger partial charge is 0.228 e. The predicted molar refractivity (Wildman–Crippen MR) is 71.8 cm³/mol. The first kappa shape index (κ1) is 13.7. The molecule has 0 saturated carbocycles. The lowest BCUT2D eigenvalue weighted by molar-refractivity contribution is -0.119. The van der Waals surface area contributed by atoms with Gasteiger partial charge in [0.05, 0.1) is 17.4 Å². The van der Waals surface area contributed by atoms with Gasteiger partial charge in [0.25, 0.3) is 0 Å². The van der Waals surface area contributed by atoms with E-state index in [9.17, 15) is 18.0 Å². The van der Waals surface area contributed by atoms with Crippen LogP contribution in [0.4, 0.5) is 5.69 Å². The standard InChI is InChI=1S/C13H15NO4S/c1-9(15)10-3-2-4-12(7-10)14-13(16)11-5-6-19(17,18)8-11/h2-4,7,11H,5-6,8H2,1H3,(H,14,16). The molecule has 0 spiro atoms. The number of carbonyl (C=O) groups is 2. The maximum Gasteiger partial charge on any atom is 0.228 e. The van der Waals surface area contributed by atoms with Gasteiger partial charge in [-0.3, -0.25) is 9.59 Å². The summed E-state index contributed by atoms with van der Waals surface area (Å²) in [5.41, 5.74) is 1.03. The molecule has 1 fully saturated rings. The minimum absolute atomic E-state index is 0.0680. The molecule has 19 heavy (non-hydrogen) atoms. The van der Waals surface area contributed by atoms with E-state index in [1.807, 2.05) is 0 Å². The van der Waals surface area contributed by atoms with Gasteiger partial charge in [0.15, 0.2) is 15.6 Å². The van der Waals surface area contributed by atoms with Gasteiger partial charge in [-0.2, -0.15) is 0 Å². The van der Waals surface area contributed by atoms with E-state index in [0.29, 0.717) is 17.7 Å². The lowest BCUT2D eigenvalue weighted by Gasteiger charge is -2.10. The van der Waals surface area contributed by atoms with Crippen molar-refractivity contribution in [2.45, 2.75) is 13.3 Å². The number of benzene rings is 1. The molecule has 1 atom stereocenters. The predicted octanol–water partition coefficient (Wildman–Crippen LogP) is 1.26. The first-order chi connectivity index (χ1) is 8.87. The van der Waals surface area contributed by atoms with Crippen LogP contribution >= 0.6 is 0 Å². The van der Waals surface area contributed by atoms with Gasteiger partial charge in [0, 0.05) is 11.3 Å². The molecule has 5 nitrogen and oxygen atoms in total. The van der Waals surface area contributed by atoms with Gasteiger partial charge in [-0.05, 0) is 25.5 Å². The molecule has 1 aromatic carbocycles. The van der Waals surface area contributed by atoms with Crippen LogP contribution in [0.1, 0.15) is 23.7 Å². The first-order valence-corrected chi connectivity index (χ1v) is 7.82. The average molecular weight is 281 g/mol. The summed E-state index contributed by atoms with van der Waals surface area (Å²) in [5.74, 6) is -0.906. The fourth-order valence-corrected chi connectivity index (χ4v) is 3.80. The van der Waals surface area contributed by atoms with Gasteiger partial charge in [-0.25, -0.2) is 8.42 Å². The molecular weight excluding hydrogens is 266 g/mol. The molecule has 0 radical (unpaired) electrons. The molecule has 1 heterocycles. The fraction of sp³-hybridized carbons (Fsp3) is 0.385. The number of amides is 1. The molecule has 1 aliphatic heterocycles. The van der Waals surface area contributed by atoms with Crippen LogP contribution in [0.5, 0.6) is 0 Å².